The Morgan fingerprint density at radius 2 is 1.79 bits per heavy atom. The molecule has 1 atom stereocenters. The summed E-state index contributed by atoms with van der Waals surface area (Å²) in [6.45, 7) is 0.945. The van der Waals surface area contributed by atoms with Gasteiger partial charge in [-0.2, -0.15) is 0 Å². The van der Waals surface area contributed by atoms with Crippen LogP contribution in [0.25, 0.3) is 0 Å². The molecule has 2 rings (SSSR count). The first-order chi connectivity index (χ1) is 11.7. The van der Waals surface area contributed by atoms with Crippen LogP contribution in [0.1, 0.15) is 11.1 Å². The normalized spacial score (nSPS) is 11.8. The third-order valence-electron chi connectivity index (χ3n) is 3.72. The van der Waals surface area contributed by atoms with E-state index in [0.29, 0.717) is 13.2 Å². The summed E-state index contributed by atoms with van der Waals surface area (Å²) in [4.78, 5) is 11.5. The fourth-order valence-electron chi connectivity index (χ4n) is 2.30. The minimum Gasteiger partial charge on any atom is -0.489 e. The van der Waals surface area contributed by atoms with Gasteiger partial charge in [0.05, 0.1) is 6.61 Å². The topological polar surface area (TPSA) is 70.6 Å². The Morgan fingerprint density at radius 1 is 1.08 bits per heavy atom. The summed E-state index contributed by atoms with van der Waals surface area (Å²) in [7, 11) is 1.56. The molecule has 0 bridgehead atoms. The lowest BCUT2D eigenvalue weighted by atomic mass is 10.1. The van der Waals surface area contributed by atoms with Crippen LogP contribution < -0.4 is 15.4 Å². The number of benzene rings is 2. The number of carbonyl (C=O) groups excluding carboxylic acids is 1. The van der Waals surface area contributed by atoms with Crippen LogP contribution in [0.4, 0.5) is 0 Å². The third-order valence-corrected chi connectivity index (χ3v) is 3.72. The highest BCUT2D eigenvalue weighted by atomic mass is 16.5. The van der Waals surface area contributed by atoms with E-state index in [9.17, 15) is 9.90 Å². The van der Waals surface area contributed by atoms with E-state index in [1.54, 1.807) is 7.05 Å². The number of carbonyl (C=O) groups is 1. The van der Waals surface area contributed by atoms with Crippen molar-refractivity contribution in [3.8, 4) is 5.75 Å². The molecular weight excluding hydrogens is 304 g/mol. The van der Waals surface area contributed by atoms with Gasteiger partial charge in [-0.3, -0.25) is 4.79 Å². The van der Waals surface area contributed by atoms with Gasteiger partial charge in [0.1, 0.15) is 18.4 Å². The summed E-state index contributed by atoms with van der Waals surface area (Å²) in [6.07, 6.45) is 0.770. The van der Waals surface area contributed by atoms with E-state index in [-0.39, 0.29) is 12.5 Å². The van der Waals surface area contributed by atoms with Crippen molar-refractivity contribution in [1.29, 1.82) is 0 Å². The minimum absolute atomic E-state index is 0.206. The molecule has 0 aliphatic heterocycles. The Morgan fingerprint density at radius 3 is 2.42 bits per heavy atom. The number of amides is 1. The summed E-state index contributed by atoms with van der Waals surface area (Å²) in [5, 5.41) is 14.7. The van der Waals surface area contributed by atoms with Crippen molar-refractivity contribution in [2.75, 3.05) is 20.2 Å². The van der Waals surface area contributed by atoms with Gasteiger partial charge < -0.3 is 20.5 Å². The maximum atomic E-state index is 11.5. The van der Waals surface area contributed by atoms with E-state index in [1.165, 1.54) is 0 Å². The van der Waals surface area contributed by atoms with Crippen LogP contribution in [-0.2, 0) is 17.8 Å². The fourth-order valence-corrected chi connectivity index (χ4v) is 2.30. The molecule has 0 aliphatic rings. The monoisotopic (exact) mass is 328 g/mol. The first-order valence-electron chi connectivity index (χ1n) is 8.04. The Kier molecular flexibility index (Phi) is 7.26. The Hall–Kier alpha value is -2.37. The zero-order valence-electron chi connectivity index (χ0n) is 13.9. The van der Waals surface area contributed by atoms with Gasteiger partial charge in [-0.25, -0.2) is 0 Å². The zero-order valence-corrected chi connectivity index (χ0v) is 13.9. The van der Waals surface area contributed by atoms with E-state index in [0.717, 1.165) is 23.3 Å². The second-order valence-electron chi connectivity index (χ2n) is 5.47. The molecule has 0 spiro atoms. The van der Waals surface area contributed by atoms with Gasteiger partial charge >= 0.3 is 0 Å². The lowest BCUT2D eigenvalue weighted by Gasteiger charge is -2.14. The van der Waals surface area contributed by atoms with Gasteiger partial charge in [0.2, 0.25) is 5.91 Å². The average Bonchev–Trinajstić information content (AvgIpc) is 2.65. The largest absolute Gasteiger partial charge is 0.489 e. The van der Waals surface area contributed by atoms with Gasteiger partial charge in [-0.1, -0.05) is 42.5 Å². The maximum Gasteiger partial charge on any atom is 0.239 e. The molecule has 128 valence electrons. The number of ether oxygens (including phenoxy) is 1. The summed E-state index contributed by atoms with van der Waals surface area (Å²) < 4.78 is 5.75. The molecule has 0 saturated carbocycles. The van der Waals surface area contributed by atoms with Crippen LogP contribution in [-0.4, -0.2) is 37.3 Å². The van der Waals surface area contributed by atoms with Gasteiger partial charge in [-0.05, 0) is 36.2 Å². The number of hydrogen-bond donors (Lipinski definition) is 3. The van der Waals surface area contributed by atoms with Gasteiger partial charge in [0, 0.05) is 7.05 Å². The van der Waals surface area contributed by atoms with E-state index in [1.807, 2.05) is 54.6 Å². The van der Waals surface area contributed by atoms with E-state index in [4.69, 9.17) is 4.74 Å². The quantitative estimate of drug-likeness (QED) is 0.652. The fraction of sp³-hybridized carbons (Fsp3) is 0.316. The summed E-state index contributed by atoms with van der Waals surface area (Å²) in [5.74, 6) is 0.622. The predicted octanol–water partition coefficient (Wildman–Crippen LogP) is 1.50. The van der Waals surface area contributed by atoms with Gasteiger partial charge in [0.25, 0.3) is 0 Å². The van der Waals surface area contributed by atoms with Crippen LogP contribution in [0.2, 0.25) is 0 Å². The van der Waals surface area contributed by atoms with Gasteiger partial charge in [-0.15, -0.1) is 0 Å². The van der Waals surface area contributed by atoms with E-state index < -0.39 is 6.04 Å². The van der Waals surface area contributed by atoms with E-state index >= 15 is 0 Å². The van der Waals surface area contributed by atoms with Crippen molar-refractivity contribution < 1.29 is 14.6 Å². The van der Waals surface area contributed by atoms with Crippen LogP contribution in [0, 0.1) is 0 Å². The number of aliphatic hydroxyl groups is 1. The number of likely N-dealkylation sites (N-methyl/N-ethyl adjacent to an activating group) is 1. The molecule has 5 nitrogen and oxygen atoms in total. The molecule has 2 aromatic carbocycles. The third kappa shape index (κ3) is 5.68. The van der Waals surface area contributed by atoms with Crippen molar-refractivity contribution in [3.05, 3.63) is 65.7 Å². The van der Waals surface area contributed by atoms with Crippen molar-refractivity contribution in [1.82, 2.24) is 10.6 Å². The Bertz CT molecular complexity index is 614. The van der Waals surface area contributed by atoms with Crippen molar-refractivity contribution in [3.63, 3.8) is 0 Å². The highest BCUT2D eigenvalue weighted by Gasteiger charge is 2.14. The predicted molar refractivity (Wildman–Crippen MR) is 93.9 cm³/mol. The Labute approximate surface area is 142 Å². The molecule has 0 aliphatic carbocycles. The first-order valence-corrected chi connectivity index (χ1v) is 8.04. The maximum absolute atomic E-state index is 11.5. The molecule has 0 fully saturated rings. The molecule has 0 unspecified atom stereocenters. The average molecular weight is 328 g/mol. The van der Waals surface area contributed by atoms with Gasteiger partial charge in [0.15, 0.2) is 0 Å². The van der Waals surface area contributed by atoms with Crippen LogP contribution in [0.5, 0.6) is 5.75 Å². The lowest BCUT2D eigenvalue weighted by molar-refractivity contribution is -0.123. The first kappa shape index (κ1) is 18.0. The highest BCUT2D eigenvalue weighted by molar-refractivity contribution is 5.81. The highest BCUT2D eigenvalue weighted by Crippen LogP contribution is 2.14. The summed E-state index contributed by atoms with van der Waals surface area (Å²) in [5.41, 5.74) is 2.28. The molecule has 3 N–H and O–H groups in total. The Balaban J connectivity index is 1.76. The molecule has 24 heavy (non-hydrogen) atoms. The van der Waals surface area contributed by atoms with Crippen molar-refractivity contribution >= 4 is 5.91 Å². The molecule has 0 radical (unpaired) electrons. The second kappa shape index (κ2) is 9.70. The number of hydrogen-bond acceptors (Lipinski definition) is 4. The molecule has 0 heterocycles. The van der Waals surface area contributed by atoms with Crippen molar-refractivity contribution in [2.24, 2.45) is 0 Å². The minimum atomic E-state index is -0.566. The van der Waals surface area contributed by atoms with Crippen LogP contribution in [0.15, 0.2) is 54.6 Å². The van der Waals surface area contributed by atoms with Crippen molar-refractivity contribution in [2.45, 2.75) is 19.1 Å². The number of rotatable bonds is 9. The van der Waals surface area contributed by atoms with E-state index in [2.05, 4.69) is 10.6 Å². The second-order valence-corrected chi connectivity index (χ2v) is 5.47. The summed E-state index contributed by atoms with van der Waals surface area (Å²) in [6, 6.07) is 17.4. The molecule has 0 saturated heterocycles. The summed E-state index contributed by atoms with van der Waals surface area (Å²) >= 11 is 0. The molecule has 5 heteroatoms. The standard InChI is InChI=1S/C19H24N2O3/c1-20-19(23)18(13-22)21-12-11-15-7-9-17(10-8-15)24-14-16-5-3-2-4-6-16/h2-10,18,21-22H,11-14H2,1H3,(H,20,23)/t18-/m1/s1. The molecular formula is C19H24N2O3. The lowest BCUT2D eigenvalue weighted by Crippen LogP contribution is -2.46. The number of aliphatic hydroxyl groups excluding tert-OH is 1. The molecule has 2 aromatic rings. The smallest absolute Gasteiger partial charge is 0.239 e. The zero-order chi connectivity index (χ0) is 17.2. The number of nitrogens with one attached hydrogen (secondary N) is 2. The van der Waals surface area contributed by atoms with Crippen LogP contribution in [0.3, 0.4) is 0 Å². The van der Waals surface area contributed by atoms with Crippen LogP contribution >= 0.6 is 0 Å². The SMILES string of the molecule is CNC(=O)[C@@H](CO)NCCc1ccc(OCc2ccccc2)cc1. The molecule has 0 aromatic heterocycles. The molecule has 1 amide bonds.